The number of fused-ring (bicyclic) bond motifs is 1. The first-order chi connectivity index (χ1) is 12.6. The number of carbonyl (C=O) groups is 4. The first kappa shape index (κ1) is 18.8. The number of β-lactam (4-membered cyclic amide) rings is 1. The molecule has 0 unspecified atom stereocenters. The lowest BCUT2D eigenvalue weighted by Gasteiger charge is -2.55. The molecule has 27 heavy (non-hydrogen) atoms. The zero-order valence-corrected chi connectivity index (χ0v) is 15.0. The van der Waals surface area contributed by atoms with Gasteiger partial charge in [0, 0.05) is 12.8 Å². The van der Waals surface area contributed by atoms with Crippen LogP contribution >= 0.6 is 0 Å². The average Bonchev–Trinajstić information content (AvgIpc) is 2.59. The highest BCUT2D eigenvalue weighted by atomic mass is 32.2. The first-order valence-electron chi connectivity index (χ1n) is 7.98. The van der Waals surface area contributed by atoms with Gasteiger partial charge in [-0.2, -0.15) is 0 Å². The van der Waals surface area contributed by atoms with E-state index in [0.717, 1.165) is 0 Å². The van der Waals surface area contributed by atoms with Crippen LogP contribution in [0.2, 0.25) is 0 Å². The summed E-state index contributed by atoms with van der Waals surface area (Å²) in [5.74, 6) is -4.66. The van der Waals surface area contributed by atoms with Crippen LogP contribution in [0.4, 0.5) is 0 Å². The van der Waals surface area contributed by atoms with Crippen LogP contribution in [-0.4, -0.2) is 71.9 Å². The predicted molar refractivity (Wildman–Crippen MR) is 90.9 cm³/mol. The van der Waals surface area contributed by atoms with Gasteiger partial charge >= 0.3 is 10.8 Å². The Bertz CT molecular complexity index is 931. The van der Waals surface area contributed by atoms with Gasteiger partial charge in [-0.15, -0.1) is 0 Å². The Kier molecular flexibility index (Phi) is 4.42. The van der Waals surface area contributed by atoms with Gasteiger partial charge in [-0.3, -0.25) is 19.3 Å². The molecular weight excluding hydrogens is 378 g/mol. The molecule has 10 nitrogen and oxygen atoms in total. The molecule has 144 valence electrons. The minimum atomic E-state index is -4.52. The van der Waals surface area contributed by atoms with Crippen LogP contribution in [0.15, 0.2) is 30.3 Å². The molecule has 0 aromatic heterocycles. The number of nitrogens with zero attached hydrogens (tertiary/aromatic N) is 1. The molecule has 2 aliphatic rings. The van der Waals surface area contributed by atoms with Crippen LogP contribution in [0.5, 0.6) is 0 Å². The molecule has 2 fully saturated rings. The molecule has 2 aliphatic heterocycles. The summed E-state index contributed by atoms with van der Waals surface area (Å²) < 4.78 is 24.3. The number of carbonyl (C=O) groups excluding carboxylic acids is 3. The lowest BCUT2D eigenvalue weighted by molar-refractivity contribution is -0.177. The summed E-state index contributed by atoms with van der Waals surface area (Å²) in [7, 11) is -4.52. The molecule has 0 bridgehead atoms. The van der Waals surface area contributed by atoms with E-state index in [1.807, 2.05) is 0 Å². The van der Waals surface area contributed by atoms with Crippen molar-refractivity contribution in [2.45, 2.75) is 23.4 Å². The van der Waals surface area contributed by atoms with Crippen molar-refractivity contribution < 1.29 is 32.7 Å². The van der Waals surface area contributed by atoms with Gasteiger partial charge in [0.2, 0.25) is 11.8 Å². The van der Waals surface area contributed by atoms with Gasteiger partial charge in [0.25, 0.3) is 5.91 Å². The van der Waals surface area contributed by atoms with Gasteiger partial charge in [-0.05, 0) is 5.56 Å². The number of benzene rings is 1. The van der Waals surface area contributed by atoms with Gasteiger partial charge in [-0.25, -0.2) is 13.2 Å². The van der Waals surface area contributed by atoms with Crippen molar-refractivity contribution >= 4 is 33.5 Å². The van der Waals surface area contributed by atoms with Crippen molar-refractivity contribution in [3.8, 4) is 0 Å². The lowest BCUT2D eigenvalue weighted by Crippen LogP contribution is -2.87. The maximum Gasteiger partial charge on any atom is 0.355 e. The predicted octanol–water partition coefficient (Wildman–Crippen LogP) is -2.12. The van der Waals surface area contributed by atoms with Gasteiger partial charge in [0.1, 0.15) is 6.04 Å². The molecule has 3 rings (SSSR count). The summed E-state index contributed by atoms with van der Waals surface area (Å²) in [5.41, 5.74) is 0.714. The number of rotatable bonds is 5. The lowest BCUT2D eigenvalue weighted by atomic mass is 9.88. The number of hydrogen-bond acceptors (Lipinski definition) is 6. The second-order valence-corrected chi connectivity index (χ2v) is 8.55. The van der Waals surface area contributed by atoms with Crippen LogP contribution in [0, 0.1) is 0 Å². The molecule has 0 radical (unpaired) electrons. The number of carboxylic acid groups (broad SMARTS) is 1. The van der Waals surface area contributed by atoms with Crippen molar-refractivity contribution in [1.82, 2.24) is 15.5 Å². The van der Waals surface area contributed by atoms with Crippen molar-refractivity contribution in [1.29, 1.82) is 0 Å². The summed E-state index contributed by atoms with van der Waals surface area (Å²) in [4.78, 5) is 46.1. The average molecular weight is 395 g/mol. The largest absolute Gasteiger partial charge is 0.478 e. The normalized spacial score (nSPS) is 27.2. The van der Waals surface area contributed by atoms with E-state index in [1.165, 1.54) is 0 Å². The van der Waals surface area contributed by atoms with E-state index < -0.39 is 50.5 Å². The summed E-state index contributed by atoms with van der Waals surface area (Å²) in [6.45, 7) is -0.161. The summed E-state index contributed by atoms with van der Waals surface area (Å²) in [6, 6.07) is 6.67. The molecule has 0 spiro atoms. The number of carboxylic acids is 1. The standard InChI is InChI=1S/C16H17N3O7S/c1-27(25,26)16(15(23)24)14(22)17-8-10-12(13(21)19(10)16)18-11(20)7-9-5-3-2-4-6-9/h2-6,10,12H,7-8H2,1H3,(H,17,22)(H,18,20)(H,23,24)/t10-,12+,16+/m1/s1. The molecule has 0 aliphatic carbocycles. The maximum atomic E-state index is 12.5. The van der Waals surface area contributed by atoms with Crippen LogP contribution in [-0.2, 0) is 35.4 Å². The Morgan fingerprint density at radius 1 is 1.30 bits per heavy atom. The number of nitrogens with one attached hydrogen (secondary N) is 2. The third-order valence-corrected chi connectivity index (χ3v) is 6.32. The van der Waals surface area contributed by atoms with E-state index in [-0.39, 0.29) is 13.0 Å². The Balaban J connectivity index is 1.83. The molecule has 11 heteroatoms. The number of hydrogen-bond donors (Lipinski definition) is 3. The van der Waals surface area contributed by atoms with E-state index in [9.17, 15) is 32.7 Å². The van der Waals surface area contributed by atoms with Gasteiger partial charge < -0.3 is 15.7 Å². The van der Waals surface area contributed by atoms with E-state index in [1.54, 1.807) is 30.3 Å². The number of piperazine rings is 1. The highest BCUT2D eigenvalue weighted by Gasteiger charge is 2.71. The molecule has 1 aromatic carbocycles. The Hall–Kier alpha value is -2.95. The zero-order valence-electron chi connectivity index (χ0n) is 14.2. The fourth-order valence-corrected chi connectivity index (χ4v) is 4.75. The summed E-state index contributed by atoms with van der Waals surface area (Å²) >= 11 is 0. The third-order valence-electron chi connectivity index (χ3n) is 4.69. The molecule has 2 saturated heterocycles. The second-order valence-electron chi connectivity index (χ2n) is 6.41. The van der Waals surface area contributed by atoms with Crippen LogP contribution in [0.3, 0.4) is 0 Å². The van der Waals surface area contributed by atoms with E-state index in [4.69, 9.17) is 0 Å². The van der Waals surface area contributed by atoms with Gasteiger partial charge in [0.15, 0.2) is 9.84 Å². The molecule has 0 saturated carbocycles. The van der Waals surface area contributed by atoms with E-state index >= 15 is 0 Å². The SMILES string of the molecule is CS(=O)(=O)[C@]1(C(=O)O)C(=O)NC[C@@H]2[C@H](NC(=O)Cc3ccccc3)C(=O)N21. The van der Waals surface area contributed by atoms with E-state index in [2.05, 4.69) is 10.6 Å². The number of aliphatic carboxylic acids is 1. The third kappa shape index (κ3) is 2.74. The number of amides is 3. The fourth-order valence-electron chi connectivity index (χ4n) is 3.44. The Morgan fingerprint density at radius 3 is 2.48 bits per heavy atom. The highest BCUT2D eigenvalue weighted by Crippen LogP contribution is 2.37. The van der Waals surface area contributed by atoms with Crippen molar-refractivity contribution in [2.75, 3.05) is 12.8 Å². The Labute approximate surface area is 154 Å². The molecule has 3 amide bonds. The number of sulfone groups is 1. The monoisotopic (exact) mass is 395 g/mol. The van der Waals surface area contributed by atoms with Crippen LogP contribution in [0.25, 0.3) is 0 Å². The molecule has 1 aromatic rings. The minimum absolute atomic E-state index is 0.000150. The van der Waals surface area contributed by atoms with Crippen molar-refractivity contribution in [3.63, 3.8) is 0 Å². The molecule has 3 atom stereocenters. The summed E-state index contributed by atoms with van der Waals surface area (Å²) in [5, 5.41) is 14.2. The second kappa shape index (κ2) is 6.34. The van der Waals surface area contributed by atoms with Crippen molar-refractivity contribution in [2.24, 2.45) is 0 Å². The smallest absolute Gasteiger partial charge is 0.355 e. The zero-order chi connectivity index (χ0) is 20.0. The van der Waals surface area contributed by atoms with Crippen molar-refractivity contribution in [3.05, 3.63) is 35.9 Å². The molecular formula is C16H17N3O7S. The fraction of sp³-hybridized carbons (Fsp3) is 0.375. The van der Waals surface area contributed by atoms with Gasteiger partial charge in [-0.1, -0.05) is 30.3 Å². The van der Waals surface area contributed by atoms with Crippen LogP contribution < -0.4 is 10.6 Å². The first-order valence-corrected chi connectivity index (χ1v) is 9.87. The Morgan fingerprint density at radius 2 is 1.93 bits per heavy atom. The quantitative estimate of drug-likeness (QED) is 0.381. The molecule has 3 N–H and O–H groups in total. The highest BCUT2D eigenvalue weighted by molar-refractivity contribution is 7.93. The summed E-state index contributed by atoms with van der Waals surface area (Å²) in [6.07, 6.45) is 0.581. The molecule has 2 heterocycles. The minimum Gasteiger partial charge on any atom is -0.478 e. The van der Waals surface area contributed by atoms with E-state index in [0.29, 0.717) is 16.7 Å². The van der Waals surface area contributed by atoms with Gasteiger partial charge in [0.05, 0.1) is 12.5 Å². The maximum absolute atomic E-state index is 12.5. The topological polar surface area (TPSA) is 150 Å². The van der Waals surface area contributed by atoms with Crippen LogP contribution in [0.1, 0.15) is 5.56 Å².